The third kappa shape index (κ3) is 4.38. The molecule has 37 heavy (non-hydrogen) atoms. The van der Waals surface area contributed by atoms with Crippen molar-refractivity contribution in [2.75, 3.05) is 38.3 Å². The molecular formula is C27H34N6O3S. The van der Waals surface area contributed by atoms with Crippen LogP contribution in [0.3, 0.4) is 0 Å². The predicted molar refractivity (Wildman–Crippen MR) is 140 cm³/mol. The first-order valence-electron chi connectivity index (χ1n) is 12.9. The lowest BCUT2D eigenvalue weighted by molar-refractivity contribution is 0.0172. The minimum absolute atomic E-state index is 0.0906. The summed E-state index contributed by atoms with van der Waals surface area (Å²) in [4.78, 5) is 27.9. The van der Waals surface area contributed by atoms with Gasteiger partial charge in [-0.3, -0.25) is 9.80 Å². The zero-order valence-corrected chi connectivity index (χ0v) is 22.5. The summed E-state index contributed by atoms with van der Waals surface area (Å²) in [7, 11) is 0.578. The van der Waals surface area contributed by atoms with E-state index >= 15 is 0 Å². The minimum atomic E-state index is -3.68. The Morgan fingerprint density at radius 3 is 2.35 bits per heavy atom. The lowest BCUT2D eigenvalue weighted by Crippen LogP contribution is -2.56. The molecule has 2 aromatic rings. The van der Waals surface area contributed by atoms with Crippen LogP contribution in [0.15, 0.2) is 41.7 Å². The zero-order valence-electron chi connectivity index (χ0n) is 21.7. The van der Waals surface area contributed by atoms with Crippen LogP contribution in [0.25, 0.3) is 0 Å². The number of aromatic nitrogens is 2. The number of carbonyl (C=O) groups is 1. The first-order chi connectivity index (χ1) is 17.6. The number of rotatable bonds is 6. The van der Waals surface area contributed by atoms with E-state index in [0.29, 0.717) is 19.0 Å². The van der Waals surface area contributed by atoms with E-state index in [0.717, 1.165) is 44.8 Å². The van der Waals surface area contributed by atoms with Crippen LogP contribution >= 0.6 is 0 Å². The van der Waals surface area contributed by atoms with Gasteiger partial charge in [-0.1, -0.05) is 36.8 Å². The number of hydrogen-bond donors (Lipinski definition) is 0. The molecular weight excluding hydrogens is 488 g/mol. The number of amides is 2. The number of nitrogens with zero attached hydrogens (tertiary/aromatic N) is 6. The van der Waals surface area contributed by atoms with E-state index in [2.05, 4.69) is 53.2 Å². The largest absolute Gasteiger partial charge is 0.325 e. The summed E-state index contributed by atoms with van der Waals surface area (Å²) in [5.41, 5.74) is 1.01. The van der Waals surface area contributed by atoms with Gasteiger partial charge >= 0.3 is 6.03 Å². The summed E-state index contributed by atoms with van der Waals surface area (Å²) in [6.45, 7) is 1.15. The average molecular weight is 523 g/mol. The molecule has 0 N–H and O–H groups in total. The van der Waals surface area contributed by atoms with Crippen molar-refractivity contribution in [3.05, 3.63) is 47.8 Å². The maximum Gasteiger partial charge on any atom is 0.325 e. The van der Waals surface area contributed by atoms with Crippen molar-refractivity contribution in [3.8, 4) is 6.07 Å². The standard InChI is InChI=1S/C27H34N6O3S/c1-31(2)27(21-10-5-4-6-11-21)14-12-26(13-15-27)19-32(25(34)33(26)18-20-8-7-9-20)23-17-29-24(37(3,35)36)30-22(23)16-28/h4-6,10-11,17,20H,7-9,12-15,18-19H2,1-3H3/t26-,27+. The van der Waals surface area contributed by atoms with Gasteiger partial charge in [-0.15, -0.1) is 0 Å². The molecule has 5 rings (SSSR count). The van der Waals surface area contributed by atoms with E-state index in [4.69, 9.17) is 0 Å². The Balaban J connectivity index is 1.49. The summed E-state index contributed by atoms with van der Waals surface area (Å²) in [5.74, 6) is 0.495. The molecule has 3 aliphatic rings. The number of carbonyl (C=O) groups excluding carboxylic acids is 1. The second kappa shape index (κ2) is 9.37. The van der Waals surface area contributed by atoms with Gasteiger partial charge < -0.3 is 4.90 Å². The predicted octanol–water partition coefficient (Wildman–Crippen LogP) is 3.56. The molecule has 1 aliphatic heterocycles. The third-order valence-corrected chi connectivity index (χ3v) is 9.66. The molecule has 2 amide bonds. The summed E-state index contributed by atoms with van der Waals surface area (Å²) in [6, 6.07) is 12.4. The number of anilines is 1. The second-order valence-electron chi connectivity index (χ2n) is 11.1. The van der Waals surface area contributed by atoms with Gasteiger partial charge in [-0.05, 0) is 64.1 Å². The number of hydrogen-bond acceptors (Lipinski definition) is 7. The Hall–Kier alpha value is -3.03. The van der Waals surface area contributed by atoms with E-state index in [9.17, 15) is 18.5 Å². The minimum Gasteiger partial charge on any atom is -0.317 e. The molecule has 10 heteroatoms. The highest BCUT2D eigenvalue weighted by Crippen LogP contribution is 2.50. The van der Waals surface area contributed by atoms with Crippen molar-refractivity contribution in [1.82, 2.24) is 19.8 Å². The van der Waals surface area contributed by atoms with E-state index in [1.165, 1.54) is 18.2 Å². The van der Waals surface area contributed by atoms with Gasteiger partial charge in [0.15, 0.2) is 5.69 Å². The SMILES string of the molecule is CN(C)[C@]1(c2ccccc2)CC[C@]2(CC1)CN(c1cnc(S(C)(=O)=O)nc1C#N)C(=O)N2CC1CCC1. The third-order valence-electron chi connectivity index (χ3n) is 8.80. The molecule has 2 heterocycles. The van der Waals surface area contributed by atoms with Crippen LogP contribution in [0.1, 0.15) is 56.2 Å². The molecule has 2 aliphatic carbocycles. The number of urea groups is 1. The first kappa shape index (κ1) is 25.6. The lowest BCUT2D eigenvalue weighted by Gasteiger charge is -2.51. The van der Waals surface area contributed by atoms with E-state index in [1.54, 1.807) is 4.90 Å². The summed E-state index contributed by atoms with van der Waals surface area (Å²) < 4.78 is 23.9. The maximum atomic E-state index is 13.9. The van der Waals surface area contributed by atoms with Gasteiger partial charge in [0.05, 0.1) is 18.3 Å². The fraction of sp³-hybridized carbons (Fsp3) is 0.556. The summed E-state index contributed by atoms with van der Waals surface area (Å²) in [5, 5.41) is 9.37. The summed E-state index contributed by atoms with van der Waals surface area (Å²) in [6.07, 6.45) is 9.24. The lowest BCUT2D eigenvalue weighted by atomic mass is 9.68. The van der Waals surface area contributed by atoms with Crippen LogP contribution in [0.5, 0.6) is 0 Å². The molecule has 1 saturated heterocycles. The molecule has 1 aromatic heterocycles. The monoisotopic (exact) mass is 522 g/mol. The highest BCUT2D eigenvalue weighted by molar-refractivity contribution is 7.90. The van der Waals surface area contributed by atoms with Gasteiger partial charge in [0.1, 0.15) is 11.8 Å². The van der Waals surface area contributed by atoms with E-state index < -0.39 is 15.0 Å². The fourth-order valence-corrected chi connectivity index (χ4v) is 6.81. The van der Waals surface area contributed by atoms with Gasteiger partial charge in [-0.25, -0.2) is 23.2 Å². The van der Waals surface area contributed by atoms with Crippen LogP contribution < -0.4 is 4.90 Å². The van der Waals surface area contributed by atoms with Crippen molar-refractivity contribution in [2.24, 2.45) is 5.92 Å². The Kier molecular flexibility index (Phi) is 6.49. The fourth-order valence-electron chi connectivity index (χ4n) is 6.31. The van der Waals surface area contributed by atoms with Crippen molar-refractivity contribution >= 4 is 21.6 Å². The molecule has 0 radical (unpaired) electrons. The zero-order chi connectivity index (χ0) is 26.4. The van der Waals surface area contributed by atoms with Gasteiger partial charge in [0.25, 0.3) is 0 Å². The number of nitriles is 1. The molecule has 0 bridgehead atoms. The van der Waals surface area contributed by atoms with E-state index in [1.807, 2.05) is 17.0 Å². The summed E-state index contributed by atoms with van der Waals surface area (Å²) >= 11 is 0. The molecule has 1 aromatic carbocycles. The van der Waals surface area contributed by atoms with Gasteiger partial charge in [0, 0.05) is 18.3 Å². The maximum absolute atomic E-state index is 13.9. The van der Waals surface area contributed by atoms with Crippen LogP contribution in [0.2, 0.25) is 0 Å². The molecule has 0 atom stereocenters. The van der Waals surface area contributed by atoms with Crippen LogP contribution in [0, 0.1) is 17.2 Å². The van der Waals surface area contributed by atoms with Crippen LogP contribution in [-0.2, 0) is 15.4 Å². The topological polar surface area (TPSA) is 110 Å². The molecule has 196 valence electrons. The van der Waals surface area contributed by atoms with Crippen molar-refractivity contribution < 1.29 is 13.2 Å². The van der Waals surface area contributed by atoms with Crippen molar-refractivity contribution in [3.63, 3.8) is 0 Å². The van der Waals surface area contributed by atoms with Crippen molar-refractivity contribution in [1.29, 1.82) is 5.26 Å². The van der Waals surface area contributed by atoms with Crippen LogP contribution in [0.4, 0.5) is 10.5 Å². The molecule has 3 fully saturated rings. The Labute approximate surface area is 219 Å². The number of sulfone groups is 1. The van der Waals surface area contributed by atoms with E-state index in [-0.39, 0.29) is 28.5 Å². The number of benzene rings is 1. The van der Waals surface area contributed by atoms with Gasteiger partial charge in [0.2, 0.25) is 15.0 Å². The Morgan fingerprint density at radius 1 is 1.14 bits per heavy atom. The molecule has 1 spiro atoms. The highest BCUT2D eigenvalue weighted by Gasteiger charge is 2.55. The quantitative estimate of drug-likeness (QED) is 0.534. The van der Waals surface area contributed by atoms with Crippen LogP contribution in [-0.4, -0.2) is 73.2 Å². The second-order valence-corrected chi connectivity index (χ2v) is 13.0. The smallest absolute Gasteiger partial charge is 0.317 e. The Morgan fingerprint density at radius 2 is 1.81 bits per heavy atom. The van der Waals surface area contributed by atoms with Crippen molar-refractivity contribution in [2.45, 2.75) is 61.2 Å². The molecule has 2 saturated carbocycles. The normalized spacial score (nSPS) is 26.5. The molecule has 0 unspecified atom stereocenters. The molecule has 9 nitrogen and oxygen atoms in total. The Bertz CT molecular complexity index is 1330. The van der Waals surface area contributed by atoms with Gasteiger partial charge in [-0.2, -0.15) is 5.26 Å². The first-order valence-corrected chi connectivity index (χ1v) is 14.8. The average Bonchev–Trinajstić information content (AvgIpc) is 3.12. The highest BCUT2D eigenvalue weighted by atomic mass is 32.2.